The number of ketones is 1. The molecule has 1 rings (SSSR count). The van der Waals surface area contributed by atoms with Crippen molar-refractivity contribution in [3.8, 4) is 0 Å². The normalized spacial score (nSPS) is 10.8. The van der Waals surface area contributed by atoms with Gasteiger partial charge in [-0.15, -0.1) is 0 Å². The fraction of sp³-hybridized carbons (Fsp3) is 0.308. The predicted molar refractivity (Wildman–Crippen MR) is 68.3 cm³/mol. The molecule has 0 bridgehead atoms. The minimum absolute atomic E-state index is 0.200. The van der Waals surface area contributed by atoms with Crippen molar-refractivity contribution < 1.29 is 4.79 Å². The maximum atomic E-state index is 11.0. The molecule has 80 valence electrons. The summed E-state index contributed by atoms with van der Waals surface area (Å²) >= 11 is 4.14. The first kappa shape index (κ1) is 12.1. The summed E-state index contributed by atoms with van der Waals surface area (Å²) in [6, 6.07) is 8.06. The van der Waals surface area contributed by atoms with E-state index in [2.05, 4.69) is 30.8 Å². The average Bonchev–Trinajstić information content (AvgIpc) is 2.18. The van der Waals surface area contributed by atoms with Crippen LogP contribution >= 0.6 is 12.6 Å². The van der Waals surface area contributed by atoms with Crippen molar-refractivity contribution in [2.75, 3.05) is 5.75 Å². The number of allylic oxidation sites excluding steroid dienone is 1. The first-order valence-electron chi connectivity index (χ1n) is 5.08. The molecule has 1 aromatic carbocycles. The van der Waals surface area contributed by atoms with Crippen LogP contribution in [0.15, 0.2) is 30.3 Å². The number of hydrogen-bond acceptors (Lipinski definition) is 2. The van der Waals surface area contributed by atoms with Crippen LogP contribution in [0, 0.1) is 0 Å². The van der Waals surface area contributed by atoms with Crippen molar-refractivity contribution >= 4 is 24.5 Å². The molecule has 0 atom stereocenters. The quantitative estimate of drug-likeness (QED) is 0.754. The number of thiol groups is 1. The van der Waals surface area contributed by atoms with Gasteiger partial charge in [-0.05, 0) is 30.2 Å². The predicted octanol–water partition coefficient (Wildman–Crippen LogP) is 3.15. The van der Waals surface area contributed by atoms with Gasteiger partial charge < -0.3 is 0 Å². The van der Waals surface area contributed by atoms with Gasteiger partial charge in [-0.3, -0.25) is 4.79 Å². The number of rotatable bonds is 5. The van der Waals surface area contributed by atoms with E-state index in [1.54, 1.807) is 6.92 Å². The lowest BCUT2D eigenvalue weighted by molar-refractivity contribution is -0.116. The lowest BCUT2D eigenvalue weighted by atomic mass is 10.1. The molecule has 0 aliphatic carbocycles. The summed E-state index contributed by atoms with van der Waals surface area (Å²) in [4.78, 5) is 11.0. The molecule has 1 aromatic rings. The van der Waals surface area contributed by atoms with Crippen LogP contribution in [0.5, 0.6) is 0 Å². The van der Waals surface area contributed by atoms with E-state index >= 15 is 0 Å². The highest BCUT2D eigenvalue weighted by Gasteiger charge is 1.97. The van der Waals surface area contributed by atoms with Crippen LogP contribution in [-0.2, 0) is 11.2 Å². The molecule has 0 heterocycles. The van der Waals surface area contributed by atoms with Gasteiger partial charge in [-0.25, -0.2) is 0 Å². The summed E-state index contributed by atoms with van der Waals surface area (Å²) in [5.74, 6) is 1.07. The largest absolute Gasteiger partial charge is 0.300 e. The van der Waals surface area contributed by atoms with Crippen LogP contribution in [0.1, 0.15) is 24.5 Å². The molecule has 1 nitrogen and oxygen atoms in total. The van der Waals surface area contributed by atoms with Gasteiger partial charge in [0.2, 0.25) is 0 Å². The number of benzene rings is 1. The van der Waals surface area contributed by atoms with Crippen molar-refractivity contribution in [3.05, 3.63) is 41.5 Å². The highest BCUT2D eigenvalue weighted by molar-refractivity contribution is 7.80. The van der Waals surface area contributed by atoms with E-state index in [4.69, 9.17) is 0 Å². The first-order chi connectivity index (χ1) is 7.22. The van der Waals surface area contributed by atoms with E-state index in [0.717, 1.165) is 23.3 Å². The minimum Gasteiger partial charge on any atom is -0.300 e. The zero-order chi connectivity index (χ0) is 11.1. The SMILES string of the molecule is CC(=O)Cc1cccc(C=CCCS)c1. The van der Waals surface area contributed by atoms with Gasteiger partial charge in [0, 0.05) is 6.42 Å². The third-order valence-electron chi connectivity index (χ3n) is 2.01. The summed E-state index contributed by atoms with van der Waals surface area (Å²) in [5, 5.41) is 0. The van der Waals surface area contributed by atoms with Crippen molar-refractivity contribution in [2.45, 2.75) is 19.8 Å². The summed E-state index contributed by atoms with van der Waals surface area (Å²) < 4.78 is 0. The van der Waals surface area contributed by atoms with Crippen molar-refractivity contribution in [1.82, 2.24) is 0 Å². The summed E-state index contributed by atoms with van der Waals surface area (Å²) in [7, 11) is 0. The van der Waals surface area contributed by atoms with Crippen molar-refractivity contribution in [2.24, 2.45) is 0 Å². The molecule has 0 amide bonds. The Hall–Kier alpha value is -1.02. The van der Waals surface area contributed by atoms with E-state index in [9.17, 15) is 4.79 Å². The molecule has 0 radical (unpaired) electrons. The molecule has 0 saturated carbocycles. The van der Waals surface area contributed by atoms with Crippen LogP contribution in [0.25, 0.3) is 6.08 Å². The second kappa shape index (κ2) is 6.46. The van der Waals surface area contributed by atoms with Crippen LogP contribution in [-0.4, -0.2) is 11.5 Å². The van der Waals surface area contributed by atoms with E-state index < -0.39 is 0 Å². The summed E-state index contributed by atoms with van der Waals surface area (Å²) in [6.45, 7) is 1.61. The fourth-order valence-corrected chi connectivity index (χ4v) is 1.54. The third kappa shape index (κ3) is 4.84. The van der Waals surface area contributed by atoms with Crippen LogP contribution in [0.2, 0.25) is 0 Å². The van der Waals surface area contributed by atoms with E-state index in [1.807, 2.05) is 18.2 Å². The van der Waals surface area contributed by atoms with E-state index in [1.165, 1.54) is 0 Å². The van der Waals surface area contributed by atoms with Crippen molar-refractivity contribution in [3.63, 3.8) is 0 Å². The Morgan fingerprint density at radius 1 is 1.47 bits per heavy atom. The van der Waals surface area contributed by atoms with Crippen molar-refractivity contribution in [1.29, 1.82) is 0 Å². The van der Waals surface area contributed by atoms with Gasteiger partial charge in [-0.1, -0.05) is 36.4 Å². The molecule has 0 aliphatic heterocycles. The molecular weight excluding hydrogens is 204 g/mol. The summed E-state index contributed by atoms with van der Waals surface area (Å²) in [6.07, 6.45) is 5.66. The molecule has 0 fully saturated rings. The summed E-state index contributed by atoms with van der Waals surface area (Å²) in [5.41, 5.74) is 2.23. The second-order valence-electron chi connectivity index (χ2n) is 3.54. The zero-order valence-electron chi connectivity index (χ0n) is 8.94. The average molecular weight is 220 g/mol. The lowest BCUT2D eigenvalue weighted by Crippen LogP contribution is -1.95. The molecule has 0 saturated heterocycles. The molecular formula is C13H16OS. The van der Waals surface area contributed by atoms with Gasteiger partial charge >= 0.3 is 0 Å². The van der Waals surface area contributed by atoms with Crippen LogP contribution in [0.3, 0.4) is 0 Å². The second-order valence-corrected chi connectivity index (χ2v) is 3.99. The number of Topliss-reactive ketones (excluding diaryl/α,β-unsaturated/α-hetero) is 1. The third-order valence-corrected chi connectivity index (χ3v) is 2.27. The molecule has 0 spiro atoms. The number of carbonyl (C=O) groups is 1. The maximum absolute atomic E-state index is 11.0. The van der Waals surface area contributed by atoms with Gasteiger partial charge in [0.15, 0.2) is 0 Å². The molecule has 0 N–H and O–H groups in total. The number of carbonyl (C=O) groups excluding carboxylic acids is 1. The van der Waals surface area contributed by atoms with E-state index in [0.29, 0.717) is 6.42 Å². The van der Waals surface area contributed by atoms with Gasteiger partial charge in [0.1, 0.15) is 5.78 Å². The fourth-order valence-electron chi connectivity index (χ4n) is 1.39. The zero-order valence-corrected chi connectivity index (χ0v) is 9.84. The molecule has 15 heavy (non-hydrogen) atoms. The smallest absolute Gasteiger partial charge is 0.134 e. The lowest BCUT2D eigenvalue weighted by Gasteiger charge is -1.99. The Balaban J connectivity index is 2.69. The standard InChI is InChI=1S/C13H16OS/c1-11(14)9-13-7-4-6-12(10-13)5-2-3-8-15/h2,4-7,10,15H,3,8-9H2,1H3. The number of hydrogen-bond donors (Lipinski definition) is 1. The van der Waals surface area contributed by atoms with Crippen LogP contribution < -0.4 is 0 Å². The molecule has 2 heteroatoms. The first-order valence-corrected chi connectivity index (χ1v) is 5.71. The Kier molecular flexibility index (Phi) is 5.19. The Morgan fingerprint density at radius 2 is 2.27 bits per heavy atom. The Bertz CT molecular complexity index is 355. The molecule has 0 aliphatic rings. The highest BCUT2D eigenvalue weighted by Crippen LogP contribution is 2.08. The topological polar surface area (TPSA) is 17.1 Å². The van der Waals surface area contributed by atoms with Gasteiger partial charge in [0.25, 0.3) is 0 Å². The van der Waals surface area contributed by atoms with E-state index in [-0.39, 0.29) is 5.78 Å². The molecule has 0 aromatic heterocycles. The minimum atomic E-state index is 0.200. The van der Waals surface area contributed by atoms with Crippen LogP contribution in [0.4, 0.5) is 0 Å². The Morgan fingerprint density at radius 3 is 2.93 bits per heavy atom. The monoisotopic (exact) mass is 220 g/mol. The maximum Gasteiger partial charge on any atom is 0.134 e. The Labute approximate surface area is 96.6 Å². The molecule has 0 unspecified atom stereocenters. The van der Waals surface area contributed by atoms with Gasteiger partial charge in [0.05, 0.1) is 0 Å². The van der Waals surface area contributed by atoms with Gasteiger partial charge in [-0.2, -0.15) is 12.6 Å². The highest BCUT2D eigenvalue weighted by atomic mass is 32.1.